The lowest BCUT2D eigenvalue weighted by atomic mass is 9.96. The van der Waals surface area contributed by atoms with Crippen LogP contribution >= 0.6 is 39.3 Å². The largest absolute Gasteiger partial charge is 0.388 e. The molecule has 0 bridgehead atoms. The van der Waals surface area contributed by atoms with Crippen molar-refractivity contribution in [1.82, 2.24) is 20.0 Å². The summed E-state index contributed by atoms with van der Waals surface area (Å²) in [5, 5.41) is 27.7. The molecule has 0 saturated carbocycles. The number of fused-ring (bicyclic) bond motifs is 1. The minimum atomic E-state index is -0.920. The molecule has 2 fully saturated rings. The predicted octanol–water partition coefficient (Wildman–Crippen LogP) is 3.74. The third kappa shape index (κ3) is 4.63. The lowest BCUT2D eigenvalue weighted by Gasteiger charge is -2.43. The van der Waals surface area contributed by atoms with Crippen LogP contribution in [0.3, 0.4) is 0 Å². The standard InChI is InChI=1S/C22H17BrClF2N5O4S/c1-33-21-18(31-7-14(29-30-31)9-2-11(25)17(24)12(26)3-9)20-19(15(32)8-34-20)35-22(21)36-16-4-10(23)6-28-13(16)5-27/h2-4,6-7,15,18-22,32H,8H2,1H3/t15?,18?,19?,20-,21?,22-/m1/s1. The van der Waals surface area contributed by atoms with Crippen molar-refractivity contribution in [3.05, 3.63) is 57.4 Å². The van der Waals surface area contributed by atoms with Crippen LogP contribution in [0.5, 0.6) is 0 Å². The van der Waals surface area contributed by atoms with Crippen LogP contribution < -0.4 is 0 Å². The van der Waals surface area contributed by atoms with Crippen molar-refractivity contribution in [2.45, 2.75) is 40.8 Å². The van der Waals surface area contributed by atoms with Gasteiger partial charge in [0.1, 0.15) is 64.3 Å². The highest BCUT2D eigenvalue weighted by Gasteiger charge is 2.54. The summed E-state index contributed by atoms with van der Waals surface area (Å²) in [6, 6.07) is 5.31. The number of aromatic nitrogens is 4. The van der Waals surface area contributed by atoms with E-state index in [-0.39, 0.29) is 23.6 Å². The van der Waals surface area contributed by atoms with Crippen molar-refractivity contribution < 1.29 is 28.1 Å². The van der Waals surface area contributed by atoms with E-state index in [1.165, 1.54) is 35.9 Å². The van der Waals surface area contributed by atoms with E-state index in [1.807, 2.05) is 0 Å². The average molecular weight is 601 g/mol. The van der Waals surface area contributed by atoms with E-state index in [4.69, 9.17) is 25.8 Å². The summed E-state index contributed by atoms with van der Waals surface area (Å²) in [7, 11) is 1.49. The van der Waals surface area contributed by atoms with Gasteiger partial charge in [-0.2, -0.15) is 5.26 Å². The SMILES string of the molecule is COC1C(n2cc(-c3cc(F)c(Cl)c(F)c3)nn2)[C@H]2OCC(O)C2O[C@@H]1Sc1cc(Br)cnc1C#N. The van der Waals surface area contributed by atoms with Crippen LogP contribution in [-0.4, -0.2) is 68.7 Å². The van der Waals surface area contributed by atoms with Crippen molar-refractivity contribution in [2.75, 3.05) is 13.7 Å². The smallest absolute Gasteiger partial charge is 0.154 e. The Morgan fingerprint density at radius 1 is 1.31 bits per heavy atom. The summed E-state index contributed by atoms with van der Waals surface area (Å²) in [5.41, 5.74) is -0.138. The molecule has 0 radical (unpaired) electrons. The summed E-state index contributed by atoms with van der Waals surface area (Å²) in [4.78, 5) is 4.68. The molecule has 1 N–H and O–H groups in total. The summed E-state index contributed by atoms with van der Waals surface area (Å²) in [5.74, 6) is -1.84. The predicted molar refractivity (Wildman–Crippen MR) is 127 cm³/mol. The number of hydrogen-bond acceptors (Lipinski definition) is 9. The van der Waals surface area contributed by atoms with Crippen LogP contribution in [0.1, 0.15) is 11.7 Å². The van der Waals surface area contributed by atoms with Crippen LogP contribution in [-0.2, 0) is 14.2 Å². The molecule has 6 atom stereocenters. The second-order valence-electron chi connectivity index (χ2n) is 8.09. The number of ether oxygens (including phenoxy) is 3. The minimum absolute atomic E-state index is 0.0384. The Morgan fingerprint density at radius 2 is 2.06 bits per heavy atom. The molecule has 4 heterocycles. The van der Waals surface area contributed by atoms with Gasteiger partial charge in [-0.1, -0.05) is 28.6 Å². The first-order valence-electron chi connectivity index (χ1n) is 10.6. The van der Waals surface area contributed by atoms with Gasteiger partial charge >= 0.3 is 0 Å². The van der Waals surface area contributed by atoms with Gasteiger partial charge in [-0.05, 0) is 34.1 Å². The Labute approximate surface area is 221 Å². The molecule has 188 valence electrons. The Balaban J connectivity index is 1.52. The second kappa shape index (κ2) is 10.3. The Morgan fingerprint density at radius 3 is 2.75 bits per heavy atom. The van der Waals surface area contributed by atoms with E-state index in [1.54, 1.807) is 6.07 Å². The third-order valence-corrected chi connectivity index (χ3v) is 7.90. The number of halogens is 4. The highest BCUT2D eigenvalue weighted by Crippen LogP contribution is 2.44. The van der Waals surface area contributed by atoms with Crippen molar-refractivity contribution in [1.29, 1.82) is 5.26 Å². The van der Waals surface area contributed by atoms with Gasteiger partial charge in [0.25, 0.3) is 0 Å². The van der Waals surface area contributed by atoms with E-state index in [0.29, 0.717) is 9.37 Å². The van der Waals surface area contributed by atoms with Crippen molar-refractivity contribution in [3.8, 4) is 17.3 Å². The van der Waals surface area contributed by atoms with Gasteiger partial charge in [0.15, 0.2) is 5.69 Å². The van der Waals surface area contributed by atoms with E-state index in [2.05, 4.69) is 37.3 Å². The molecular weight excluding hydrogens is 584 g/mol. The molecule has 0 amide bonds. The Bertz CT molecular complexity index is 1320. The molecule has 2 saturated heterocycles. The van der Waals surface area contributed by atoms with Crippen molar-refractivity contribution in [2.24, 2.45) is 0 Å². The molecule has 0 spiro atoms. The molecule has 9 nitrogen and oxygen atoms in total. The topological polar surface area (TPSA) is 115 Å². The molecule has 2 aliphatic heterocycles. The number of benzene rings is 1. The number of aliphatic hydroxyl groups is 1. The van der Waals surface area contributed by atoms with Crippen molar-refractivity contribution >= 4 is 39.3 Å². The highest BCUT2D eigenvalue weighted by molar-refractivity contribution is 9.10. The molecular formula is C22H17BrClF2N5O4S. The average Bonchev–Trinajstić information content (AvgIpc) is 3.49. The van der Waals surface area contributed by atoms with Gasteiger partial charge in [-0.25, -0.2) is 18.4 Å². The number of hydrogen-bond donors (Lipinski definition) is 1. The Hall–Kier alpha value is -2.18. The van der Waals surface area contributed by atoms with E-state index >= 15 is 0 Å². The fraction of sp³-hybridized carbons (Fsp3) is 0.364. The fourth-order valence-corrected chi connectivity index (χ4v) is 6.12. The number of rotatable bonds is 5. The molecule has 3 aromatic rings. The van der Waals surface area contributed by atoms with Crippen LogP contribution in [0.15, 0.2) is 40.0 Å². The Kier molecular flexibility index (Phi) is 7.28. The molecule has 2 aromatic heterocycles. The molecule has 0 aliphatic carbocycles. The zero-order valence-electron chi connectivity index (χ0n) is 18.4. The minimum Gasteiger partial charge on any atom is -0.388 e. The summed E-state index contributed by atoms with van der Waals surface area (Å²) in [6.07, 6.45) is 0.0782. The molecule has 2 aliphatic rings. The first kappa shape index (κ1) is 25.5. The quantitative estimate of drug-likeness (QED) is 0.438. The number of thioether (sulfide) groups is 1. The van der Waals surface area contributed by atoms with Gasteiger partial charge in [0.05, 0.1) is 12.8 Å². The molecule has 36 heavy (non-hydrogen) atoms. The maximum absolute atomic E-state index is 14.0. The van der Waals surface area contributed by atoms with Gasteiger partial charge in [0, 0.05) is 28.2 Å². The number of methoxy groups -OCH3 is 1. The molecule has 1 aromatic carbocycles. The summed E-state index contributed by atoms with van der Waals surface area (Å²) in [6.45, 7) is 0.0384. The first-order chi connectivity index (χ1) is 17.3. The van der Waals surface area contributed by atoms with Gasteiger partial charge < -0.3 is 19.3 Å². The first-order valence-corrected chi connectivity index (χ1v) is 12.6. The number of aliphatic hydroxyl groups excluding tert-OH is 1. The van der Waals surface area contributed by atoms with Crippen LogP contribution in [0, 0.1) is 23.0 Å². The van der Waals surface area contributed by atoms with Gasteiger partial charge in [-0.3, -0.25) is 0 Å². The van der Waals surface area contributed by atoms with Gasteiger partial charge in [0.2, 0.25) is 0 Å². The zero-order chi connectivity index (χ0) is 25.6. The fourth-order valence-electron chi connectivity index (χ4n) is 4.28. The second-order valence-corrected chi connectivity index (χ2v) is 10.5. The van der Waals surface area contributed by atoms with Crippen molar-refractivity contribution in [3.63, 3.8) is 0 Å². The molecule has 4 unspecified atom stereocenters. The maximum Gasteiger partial charge on any atom is 0.154 e. The summed E-state index contributed by atoms with van der Waals surface area (Å²) < 4.78 is 48.0. The van der Waals surface area contributed by atoms with Crippen LogP contribution in [0.2, 0.25) is 5.02 Å². The third-order valence-electron chi connectivity index (χ3n) is 5.93. The van der Waals surface area contributed by atoms with E-state index in [9.17, 15) is 19.1 Å². The van der Waals surface area contributed by atoms with E-state index in [0.717, 1.165) is 12.1 Å². The zero-order valence-corrected chi connectivity index (χ0v) is 21.5. The highest BCUT2D eigenvalue weighted by atomic mass is 79.9. The molecule has 14 heteroatoms. The monoisotopic (exact) mass is 599 g/mol. The summed E-state index contributed by atoms with van der Waals surface area (Å²) >= 11 is 10.2. The lowest BCUT2D eigenvalue weighted by molar-refractivity contribution is -0.170. The van der Waals surface area contributed by atoms with E-state index < -0.39 is 52.6 Å². The number of nitrogens with zero attached hydrogens (tertiary/aromatic N) is 5. The molecule has 5 rings (SSSR count). The normalized spacial score (nSPS) is 27.6. The maximum atomic E-state index is 14.0. The van der Waals surface area contributed by atoms with Crippen LogP contribution in [0.4, 0.5) is 8.78 Å². The number of pyridine rings is 1. The van der Waals surface area contributed by atoms with Gasteiger partial charge in [-0.15, -0.1) is 5.10 Å². The number of nitriles is 1. The van der Waals surface area contributed by atoms with Crippen LogP contribution in [0.25, 0.3) is 11.3 Å². The lowest BCUT2D eigenvalue weighted by Crippen LogP contribution is -2.55.